The van der Waals surface area contributed by atoms with Gasteiger partial charge in [0.15, 0.2) is 0 Å². The minimum absolute atomic E-state index is 0.0867. The SMILES string of the molecule is COc1ccccc1C(CNS(=O)(=O)c1ccc(Cl)cc1)N1CCCCCC1. The quantitative estimate of drug-likeness (QED) is 0.724. The Labute approximate surface area is 172 Å². The molecule has 1 atom stereocenters. The summed E-state index contributed by atoms with van der Waals surface area (Å²) in [4.78, 5) is 2.58. The Balaban J connectivity index is 1.85. The molecule has 1 saturated heterocycles. The number of rotatable bonds is 7. The average Bonchev–Trinajstić information content (AvgIpc) is 2.98. The third-order valence-corrected chi connectivity index (χ3v) is 6.86. The van der Waals surface area contributed by atoms with Gasteiger partial charge in [0, 0.05) is 17.1 Å². The second kappa shape index (κ2) is 9.74. The van der Waals surface area contributed by atoms with Gasteiger partial charge in [-0.1, -0.05) is 42.6 Å². The topological polar surface area (TPSA) is 58.6 Å². The number of sulfonamides is 1. The van der Waals surface area contributed by atoms with Gasteiger partial charge < -0.3 is 4.74 Å². The predicted molar refractivity (Wildman–Crippen MR) is 112 cm³/mol. The molecule has 0 amide bonds. The lowest BCUT2D eigenvalue weighted by molar-refractivity contribution is 0.202. The Morgan fingerprint density at radius 1 is 1.04 bits per heavy atom. The molecule has 28 heavy (non-hydrogen) atoms. The molecular weight excluding hydrogens is 396 g/mol. The highest BCUT2D eigenvalue weighted by molar-refractivity contribution is 7.89. The zero-order chi connectivity index (χ0) is 20.0. The van der Waals surface area contributed by atoms with Crippen LogP contribution in [-0.2, 0) is 10.0 Å². The molecule has 0 radical (unpaired) electrons. The molecule has 0 saturated carbocycles. The predicted octanol–water partition coefficient (Wildman–Crippen LogP) is 4.24. The number of hydrogen-bond acceptors (Lipinski definition) is 4. The van der Waals surface area contributed by atoms with Crippen molar-refractivity contribution in [2.75, 3.05) is 26.7 Å². The molecule has 0 bridgehead atoms. The second-order valence-corrected chi connectivity index (χ2v) is 9.22. The van der Waals surface area contributed by atoms with Crippen LogP contribution in [0.1, 0.15) is 37.3 Å². The van der Waals surface area contributed by atoms with E-state index >= 15 is 0 Å². The number of hydrogen-bond donors (Lipinski definition) is 1. The summed E-state index contributed by atoms with van der Waals surface area (Å²) in [7, 11) is -1.97. The molecule has 1 unspecified atom stereocenters. The fourth-order valence-corrected chi connectivity index (χ4v) is 4.83. The van der Waals surface area contributed by atoms with Crippen molar-refractivity contribution in [3.05, 3.63) is 59.1 Å². The van der Waals surface area contributed by atoms with E-state index in [0.717, 1.165) is 37.2 Å². The third-order valence-electron chi connectivity index (χ3n) is 5.17. The molecule has 1 aliphatic heterocycles. The highest BCUT2D eigenvalue weighted by Gasteiger charge is 2.26. The van der Waals surface area contributed by atoms with Crippen LogP contribution in [0.5, 0.6) is 5.75 Å². The highest BCUT2D eigenvalue weighted by Crippen LogP contribution is 2.31. The summed E-state index contributed by atoms with van der Waals surface area (Å²) in [6.07, 6.45) is 4.67. The van der Waals surface area contributed by atoms with E-state index in [0.29, 0.717) is 5.02 Å². The van der Waals surface area contributed by atoms with Crippen molar-refractivity contribution in [2.24, 2.45) is 0 Å². The Morgan fingerprint density at radius 3 is 2.32 bits per heavy atom. The third kappa shape index (κ3) is 5.26. The van der Waals surface area contributed by atoms with Gasteiger partial charge in [0.25, 0.3) is 0 Å². The number of halogens is 1. The Bertz CT molecular complexity index is 863. The normalized spacial score (nSPS) is 17.1. The monoisotopic (exact) mass is 422 g/mol. The summed E-state index contributed by atoms with van der Waals surface area (Å²) in [5.74, 6) is 0.780. The molecule has 1 N–H and O–H groups in total. The Kier molecular flexibility index (Phi) is 7.35. The van der Waals surface area contributed by atoms with Crippen molar-refractivity contribution < 1.29 is 13.2 Å². The van der Waals surface area contributed by atoms with Gasteiger partial charge in [-0.25, -0.2) is 13.1 Å². The highest BCUT2D eigenvalue weighted by atomic mass is 35.5. The molecule has 0 spiro atoms. The molecule has 1 heterocycles. The summed E-state index contributed by atoms with van der Waals surface area (Å²) in [6, 6.07) is 14.0. The van der Waals surface area contributed by atoms with Gasteiger partial charge in [-0.15, -0.1) is 0 Å². The lowest BCUT2D eigenvalue weighted by atomic mass is 10.0. The van der Waals surface area contributed by atoms with E-state index in [1.165, 1.54) is 25.0 Å². The lowest BCUT2D eigenvalue weighted by Gasteiger charge is -2.32. The smallest absolute Gasteiger partial charge is 0.240 e. The molecule has 2 aromatic rings. The summed E-state index contributed by atoms with van der Waals surface area (Å²) in [6.45, 7) is 2.18. The van der Waals surface area contributed by atoms with Crippen LogP contribution in [0.15, 0.2) is 53.4 Å². The zero-order valence-electron chi connectivity index (χ0n) is 16.1. The van der Waals surface area contributed by atoms with Gasteiger partial charge in [-0.3, -0.25) is 4.90 Å². The number of nitrogens with one attached hydrogen (secondary N) is 1. The average molecular weight is 423 g/mol. The minimum atomic E-state index is -3.62. The largest absolute Gasteiger partial charge is 0.496 e. The Morgan fingerprint density at radius 2 is 1.68 bits per heavy atom. The Hall–Kier alpha value is -1.60. The number of methoxy groups -OCH3 is 1. The minimum Gasteiger partial charge on any atom is -0.496 e. The second-order valence-electron chi connectivity index (χ2n) is 7.01. The van der Waals surface area contributed by atoms with Gasteiger partial charge in [0.05, 0.1) is 18.0 Å². The lowest BCUT2D eigenvalue weighted by Crippen LogP contribution is -2.38. The molecule has 0 aliphatic carbocycles. The summed E-state index contributed by atoms with van der Waals surface area (Å²) < 4.78 is 33.9. The number of likely N-dealkylation sites (tertiary alicyclic amines) is 1. The van der Waals surface area contributed by atoms with Crippen molar-refractivity contribution in [2.45, 2.75) is 36.6 Å². The van der Waals surface area contributed by atoms with E-state index < -0.39 is 10.0 Å². The molecular formula is C21H27ClN2O3S. The van der Waals surface area contributed by atoms with Crippen molar-refractivity contribution in [1.82, 2.24) is 9.62 Å². The maximum atomic E-state index is 12.8. The van der Waals surface area contributed by atoms with Crippen LogP contribution in [0.4, 0.5) is 0 Å². The van der Waals surface area contributed by atoms with Gasteiger partial charge in [-0.2, -0.15) is 0 Å². The van der Waals surface area contributed by atoms with E-state index in [1.807, 2.05) is 24.3 Å². The number of para-hydroxylation sites is 1. The maximum absolute atomic E-state index is 12.8. The van der Waals surface area contributed by atoms with Crippen molar-refractivity contribution in [3.8, 4) is 5.75 Å². The molecule has 3 rings (SSSR count). The molecule has 0 aromatic heterocycles. The molecule has 1 fully saturated rings. The zero-order valence-corrected chi connectivity index (χ0v) is 17.7. The van der Waals surface area contributed by atoms with Crippen LogP contribution < -0.4 is 9.46 Å². The van der Waals surface area contributed by atoms with E-state index in [-0.39, 0.29) is 17.5 Å². The first-order valence-electron chi connectivity index (χ1n) is 9.63. The standard InChI is InChI=1S/C21H27ClN2O3S/c1-27-21-9-5-4-8-19(21)20(24-14-6-2-3-7-15-24)16-23-28(25,26)18-12-10-17(22)11-13-18/h4-5,8-13,20,23H,2-3,6-7,14-16H2,1H3. The first kappa shape index (κ1) is 21.1. The summed E-state index contributed by atoms with van der Waals surface area (Å²) in [5.41, 5.74) is 1.01. The molecule has 5 nitrogen and oxygen atoms in total. The molecule has 7 heteroatoms. The first-order chi connectivity index (χ1) is 13.5. The van der Waals surface area contributed by atoms with E-state index in [2.05, 4.69) is 9.62 Å². The van der Waals surface area contributed by atoms with Gasteiger partial charge in [0.2, 0.25) is 10.0 Å². The van der Waals surface area contributed by atoms with Crippen LogP contribution in [0.3, 0.4) is 0 Å². The molecule has 2 aromatic carbocycles. The fourth-order valence-electron chi connectivity index (χ4n) is 3.67. The van der Waals surface area contributed by atoms with E-state index in [4.69, 9.17) is 16.3 Å². The maximum Gasteiger partial charge on any atom is 0.240 e. The number of ether oxygens (including phenoxy) is 1. The van der Waals surface area contributed by atoms with Crippen LogP contribution in [0, 0.1) is 0 Å². The fraction of sp³-hybridized carbons (Fsp3) is 0.429. The van der Waals surface area contributed by atoms with Crippen LogP contribution in [0.2, 0.25) is 5.02 Å². The number of benzene rings is 2. The summed E-state index contributed by atoms with van der Waals surface area (Å²) in [5, 5.41) is 0.510. The van der Waals surface area contributed by atoms with Crippen LogP contribution in [0.25, 0.3) is 0 Å². The molecule has 152 valence electrons. The van der Waals surface area contributed by atoms with Gasteiger partial charge in [-0.05, 0) is 56.3 Å². The molecule has 1 aliphatic rings. The van der Waals surface area contributed by atoms with Crippen LogP contribution >= 0.6 is 11.6 Å². The van der Waals surface area contributed by atoms with E-state index in [1.54, 1.807) is 19.2 Å². The van der Waals surface area contributed by atoms with Crippen molar-refractivity contribution in [1.29, 1.82) is 0 Å². The van der Waals surface area contributed by atoms with Gasteiger partial charge >= 0.3 is 0 Å². The van der Waals surface area contributed by atoms with E-state index in [9.17, 15) is 8.42 Å². The number of nitrogens with zero attached hydrogens (tertiary/aromatic N) is 1. The van der Waals surface area contributed by atoms with Crippen LogP contribution in [-0.4, -0.2) is 40.1 Å². The van der Waals surface area contributed by atoms with Gasteiger partial charge in [0.1, 0.15) is 5.75 Å². The summed E-state index contributed by atoms with van der Waals surface area (Å²) >= 11 is 5.88. The van der Waals surface area contributed by atoms with Crippen molar-refractivity contribution >= 4 is 21.6 Å². The first-order valence-corrected chi connectivity index (χ1v) is 11.5. The van der Waals surface area contributed by atoms with Crippen molar-refractivity contribution in [3.63, 3.8) is 0 Å².